The molecule has 0 spiro atoms. The molecule has 144 valence electrons. The van der Waals surface area contributed by atoms with Gasteiger partial charge in [-0.1, -0.05) is 44.2 Å². The summed E-state index contributed by atoms with van der Waals surface area (Å²) in [5.74, 6) is 1.68. The summed E-state index contributed by atoms with van der Waals surface area (Å²) >= 11 is 0. The number of benzene rings is 1. The molecular weight excluding hydrogens is 342 g/mol. The van der Waals surface area contributed by atoms with Crippen LogP contribution in [0.15, 0.2) is 30.3 Å². The van der Waals surface area contributed by atoms with Crippen LogP contribution in [0.5, 0.6) is 0 Å². The summed E-state index contributed by atoms with van der Waals surface area (Å²) in [5.41, 5.74) is 0.969. The van der Waals surface area contributed by atoms with Crippen molar-refractivity contribution >= 4 is 11.8 Å². The highest BCUT2D eigenvalue weighted by Gasteiger charge is 2.35. The maximum absolute atomic E-state index is 12.8. The maximum Gasteiger partial charge on any atom is 0.223 e. The molecule has 0 unspecified atom stereocenters. The monoisotopic (exact) mass is 369 g/mol. The Labute approximate surface area is 160 Å². The molecular formula is C20H27N5O2. The molecule has 0 bridgehead atoms. The zero-order valence-electron chi connectivity index (χ0n) is 16.4. The average molecular weight is 369 g/mol. The fourth-order valence-electron chi connectivity index (χ4n) is 3.45. The first-order valence-corrected chi connectivity index (χ1v) is 9.38. The van der Waals surface area contributed by atoms with Crippen LogP contribution in [0.4, 0.5) is 0 Å². The zero-order valence-corrected chi connectivity index (χ0v) is 16.4. The van der Waals surface area contributed by atoms with Crippen molar-refractivity contribution in [3.8, 4) is 11.4 Å². The van der Waals surface area contributed by atoms with Gasteiger partial charge in [-0.15, -0.1) is 0 Å². The van der Waals surface area contributed by atoms with Crippen LogP contribution < -0.4 is 0 Å². The van der Waals surface area contributed by atoms with E-state index in [-0.39, 0.29) is 36.6 Å². The molecule has 2 heterocycles. The summed E-state index contributed by atoms with van der Waals surface area (Å²) in [4.78, 5) is 32.8. The van der Waals surface area contributed by atoms with Gasteiger partial charge in [0.2, 0.25) is 11.8 Å². The van der Waals surface area contributed by atoms with Gasteiger partial charge in [-0.25, -0.2) is 9.67 Å². The smallest absolute Gasteiger partial charge is 0.223 e. The molecule has 1 aromatic heterocycles. The number of nitrogens with zero attached hydrogens (tertiary/aromatic N) is 5. The highest BCUT2D eigenvalue weighted by molar-refractivity contribution is 5.83. The molecule has 1 aliphatic heterocycles. The second kappa shape index (κ2) is 7.90. The summed E-state index contributed by atoms with van der Waals surface area (Å²) in [6, 6.07) is 9.74. The van der Waals surface area contributed by atoms with Gasteiger partial charge in [0.25, 0.3) is 0 Å². The van der Waals surface area contributed by atoms with Crippen LogP contribution in [0.25, 0.3) is 11.4 Å². The molecule has 1 aromatic carbocycles. The highest BCUT2D eigenvalue weighted by Crippen LogP contribution is 2.32. The number of aromatic nitrogens is 3. The second-order valence-corrected chi connectivity index (χ2v) is 7.45. The number of carbonyl (C=O) groups excluding carboxylic acids is 2. The van der Waals surface area contributed by atoms with Gasteiger partial charge in [0, 0.05) is 39.0 Å². The van der Waals surface area contributed by atoms with Gasteiger partial charge in [-0.05, 0) is 5.92 Å². The van der Waals surface area contributed by atoms with E-state index in [1.807, 2.05) is 39.9 Å². The average Bonchev–Trinajstić information content (AvgIpc) is 3.09. The van der Waals surface area contributed by atoms with Crippen LogP contribution in [0.3, 0.4) is 0 Å². The lowest BCUT2D eigenvalue weighted by Gasteiger charge is -2.37. The minimum absolute atomic E-state index is 0.000545. The topological polar surface area (TPSA) is 71.3 Å². The SMILES string of the molecule is CC(C)[C@H]1c2nc(-c3ccccc3)nn2CCN1C(=O)CCC(=O)N(C)C. The molecule has 0 saturated carbocycles. The fraction of sp³-hybridized carbons (Fsp3) is 0.500. The van der Waals surface area contributed by atoms with E-state index < -0.39 is 0 Å². The Morgan fingerprint density at radius 3 is 2.48 bits per heavy atom. The van der Waals surface area contributed by atoms with E-state index in [0.29, 0.717) is 18.9 Å². The van der Waals surface area contributed by atoms with Crippen LogP contribution in [-0.4, -0.2) is 57.0 Å². The molecule has 0 aliphatic carbocycles. The first-order valence-electron chi connectivity index (χ1n) is 9.38. The number of carbonyl (C=O) groups is 2. The van der Waals surface area contributed by atoms with E-state index >= 15 is 0 Å². The third kappa shape index (κ3) is 4.02. The third-order valence-corrected chi connectivity index (χ3v) is 4.89. The standard InChI is InChI=1S/C20H27N5O2/c1-14(2)18-20-21-19(15-8-6-5-7-9-15)22-25(20)13-12-24(18)17(27)11-10-16(26)23(3)4/h5-9,14,18H,10-13H2,1-4H3/t18-/m0/s1. The van der Waals surface area contributed by atoms with Crippen LogP contribution in [-0.2, 0) is 16.1 Å². The van der Waals surface area contributed by atoms with E-state index in [4.69, 9.17) is 4.98 Å². The van der Waals surface area contributed by atoms with Gasteiger partial charge in [0.1, 0.15) is 0 Å². The van der Waals surface area contributed by atoms with E-state index in [9.17, 15) is 9.59 Å². The Kier molecular flexibility index (Phi) is 5.58. The third-order valence-electron chi connectivity index (χ3n) is 4.89. The van der Waals surface area contributed by atoms with Gasteiger partial charge in [0.15, 0.2) is 11.6 Å². The molecule has 0 radical (unpaired) electrons. The number of fused-ring (bicyclic) bond motifs is 1. The minimum Gasteiger partial charge on any atom is -0.349 e. The largest absolute Gasteiger partial charge is 0.349 e. The molecule has 7 nitrogen and oxygen atoms in total. The lowest BCUT2D eigenvalue weighted by atomic mass is 9.99. The van der Waals surface area contributed by atoms with Crippen molar-refractivity contribution < 1.29 is 9.59 Å². The summed E-state index contributed by atoms with van der Waals surface area (Å²) in [6.45, 7) is 5.37. The maximum atomic E-state index is 12.8. The lowest BCUT2D eigenvalue weighted by Crippen LogP contribution is -2.44. The molecule has 1 aliphatic rings. The number of hydrogen-bond donors (Lipinski definition) is 0. The van der Waals surface area contributed by atoms with Crippen LogP contribution >= 0.6 is 0 Å². The summed E-state index contributed by atoms with van der Waals surface area (Å²) in [5, 5.41) is 4.65. The van der Waals surface area contributed by atoms with Crippen molar-refractivity contribution in [3.05, 3.63) is 36.2 Å². The number of hydrogen-bond acceptors (Lipinski definition) is 4. The van der Waals surface area contributed by atoms with E-state index in [1.165, 1.54) is 4.90 Å². The van der Waals surface area contributed by atoms with E-state index in [2.05, 4.69) is 18.9 Å². The predicted molar refractivity (Wildman–Crippen MR) is 103 cm³/mol. The highest BCUT2D eigenvalue weighted by atomic mass is 16.2. The Bertz CT molecular complexity index is 813. The molecule has 2 amide bonds. The zero-order chi connectivity index (χ0) is 19.6. The normalized spacial score (nSPS) is 16.3. The Balaban J connectivity index is 1.83. The van der Waals surface area contributed by atoms with Gasteiger partial charge >= 0.3 is 0 Å². The van der Waals surface area contributed by atoms with Crippen molar-refractivity contribution in [1.29, 1.82) is 0 Å². The first-order chi connectivity index (χ1) is 12.9. The Morgan fingerprint density at radius 2 is 1.85 bits per heavy atom. The molecule has 1 atom stereocenters. The van der Waals surface area contributed by atoms with Crippen molar-refractivity contribution in [2.45, 2.75) is 39.3 Å². The molecule has 7 heteroatoms. The lowest BCUT2D eigenvalue weighted by molar-refractivity contribution is -0.139. The van der Waals surface area contributed by atoms with Gasteiger partial charge in [-0.3, -0.25) is 9.59 Å². The molecule has 2 aromatic rings. The predicted octanol–water partition coefficient (Wildman–Crippen LogP) is 2.35. The molecule has 0 saturated heterocycles. The van der Waals surface area contributed by atoms with Crippen molar-refractivity contribution in [2.24, 2.45) is 5.92 Å². The van der Waals surface area contributed by atoms with E-state index in [1.54, 1.807) is 14.1 Å². The number of rotatable bonds is 5. The summed E-state index contributed by atoms with van der Waals surface area (Å²) in [7, 11) is 3.41. The van der Waals surface area contributed by atoms with Gasteiger partial charge in [-0.2, -0.15) is 5.10 Å². The molecule has 0 N–H and O–H groups in total. The van der Waals surface area contributed by atoms with Crippen LogP contribution in [0.2, 0.25) is 0 Å². The Hall–Kier alpha value is -2.70. The van der Waals surface area contributed by atoms with Crippen molar-refractivity contribution in [3.63, 3.8) is 0 Å². The van der Waals surface area contributed by atoms with Crippen LogP contribution in [0.1, 0.15) is 38.6 Å². The molecule has 3 rings (SSSR count). The molecule has 0 fully saturated rings. The van der Waals surface area contributed by atoms with Crippen molar-refractivity contribution in [1.82, 2.24) is 24.6 Å². The minimum atomic E-state index is -0.134. The van der Waals surface area contributed by atoms with Gasteiger partial charge < -0.3 is 9.80 Å². The first kappa shape index (κ1) is 19.1. The summed E-state index contributed by atoms with van der Waals surface area (Å²) < 4.78 is 1.92. The molecule has 27 heavy (non-hydrogen) atoms. The van der Waals surface area contributed by atoms with Gasteiger partial charge in [0.05, 0.1) is 12.6 Å². The number of amides is 2. The van der Waals surface area contributed by atoms with Crippen molar-refractivity contribution in [2.75, 3.05) is 20.6 Å². The quantitative estimate of drug-likeness (QED) is 0.811. The second-order valence-electron chi connectivity index (χ2n) is 7.45. The fourth-order valence-corrected chi connectivity index (χ4v) is 3.45. The van der Waals surface area contributed by atoms with E-state index in [0.717, 1.165) is 11.4 Å². The summed E-state index contributed by atoms with van der Waals surface area (Å²) in [6.07, 6.45) is 0.453. The van der Waals surface area contributed by atoms with Crippen LogP contribution in [0, 0.1) is 5.92 Å². The Morgan fingerprint density at radius 1 is 1.15 bits per heavy atom.